The van der Waals surface area contributed by atoms with Crippen LogP contribution in [0.25, 0.3) is 0 Å². The van der Waals surface area contributed by atoms with Crippen molar-refractivity contribution in [3.63, 3.8) is 0 Å². The molecule has 0 radical (unpaired) electrons. The van der Waals surface area contributed by atoms with E-state index < -0.39 is 25.9 Å². The third-order valence-electron chi connectivity index (χ3n) is 5.60. The fourth-order valence-electron chi connectivity index (χ4n) is 3.32. The van der Waals surface area contributed by atoms with Gasteiger partial charge in [0.1, 0.15) is 13.2 Å². The van der Waals surface area contributed by atoms with Gasteiger partial charge in [0.05, 0.1) is 32.2 Å². The molecule has 3 aromatic rings. The van der Waals surface area contributed by atoms with Crippen LogP contribution in [0.1, 0.15) is 30.5 Å². The Morgan fingerprint density at radius 3 is 1.55 bits per heavy atom. The highest BCUT2D eigenvalue weighted by atomic mass is 32.2. The van der Waals surface area contributed by atoms with Crippen molar-refractivity contribution in [1.82, 2.24) is 4.72 Å². The van der Waals surface area contributed by atoms with Gasteiger partial charge in [-0.1, -0.05) is 28.0 Å². The molecular weight excluding hydrogens is 542 g/mol. The molecule has 0 aliphatic carbocycles. The molecule has 0 bridgehead atoms. The lowest BCUT2D eigenvalue weighted by Crippen LogP contribution is -2.41. The van der Waals surface area contributed by atoms with E-state index in [1.165, 1.54) is 60.7 Å². The zero-order chi connectivity index (χ0) is 29.3. The number of nitro benzene ring substituents is 2. The number of hydrogen-bond donors (Lipinski definition) is 1. The Morgan fingerprint density at radius 2 is 1.18 bits per heavy atom. The standard InChI is InChI=1S/C26H27N5O8S/c1-18-4-14-26(15-5-18)40(36,37)29-23(16-38-27-19(2)21-6-10-24(11-7-21)30(32)33)17-39-28-20(3)22-8-12-25(13-9-22)31(34)35/h4-15,23,29H,16-17H2,1-3H3. The summed E-state index contributed by atoms with van der Waals surface area (Å²) < 4.78 is 28.5. The number of oxime groups is 2. The van der Waals surface area contributed by atoms with E-state index in [0.717, 1.165) is 5.56 Å². The highest BCUT2D eigenvalue weighted by Gasteiger charge is 2.22. The number of rotatable bonds is 13. The molecule has 0 saturated heterocycles. The smallest absolute Gasteiger partial charge is 0.269 e. The van der Waals surface area contributed by atoms with Gasteiger partial charge >= 0.3 is 0 Å². The maximum atomic E-state index is 13.0. The van der Waals surface area contributed by atoms with Crippen molar-refractivity contribution in [1.29, 1.82) is 0 Å². The Morgan fingerprint density at radius 1 is 0.775 bits per heavy atom. The maximum Gasteiger partial charge on any atom is 0.269 e. The summed E-state index contributed by atoms with van der Waals surface area (Å²) in [6.45, 7) is 4.68. The van der Waals surface area contributed by atoms with Gasteiger partial charge in [-0.25, -0.2) is 13.1 Å². The lowest BCUT2D eigenvalue weighted by molar-refractivity contribution is -0.385. The molecule has 0 aliphatic rings. The van der Waals surface area contributed by atoms with Crippen molar-refractivity contribution in [2.24, 2.45) is 10.3 Å². The van der Waals surface area contributed by atoms with Gasteiger partial charge in [-0.3, -0.25) is 20.2 Å². The predicted molar refractivity (Wildman–Crippen MR) is 148 cm³/mol. The molecule has 0 heterocycles. The minimum Gasteiger partial charge on any atom is -0.394 e. The minimum absolute atomic E-state index is 0.0548. The highest BCUT2D eigenvalue weighted by Crippen LogP contribution is 2.15. The van der Waals surface area contributed by atoms with E-state index >= 15 is 0 Å². The van der Waals surface area contributed by atoms with Crippen molar-refractivity contribution < 1.29 is 27.9 Å². The summed E-state index contributed by atoms with van der Waals surface area (Å²) in [6.07, 6.45) is 0. The molecule has 0 saturated carbocycles. The average Bonchev–Trinajstić information content (AvgIpc) is 2.93. The first-order valence-electron chi connectivity index (χ1n) is 11.9. The van der Waals surface area contributed by atoms with Crippen molar-refractivity contribution in [3.8, 4) is 0 Å². The molecular formula is C26H27N5O8S. The van der Waals surface area contributed by atoms with Crippen molar-refractivity contribution >= 4 is 32.8 Å². The molecule has 0 spiro atoms. The van der Waals surface area contributed by atoms with Gasteiger partial charge in [0, 0.05) is 24.3 Å². The van der Waals surface area contributed by atoms with Gasteiger partial charge in [-0.2, -0.15) is 0 Å². The first-order valence-corrected chi connectivity index (χ1v) is 13.4. The molecule has 14 heteroatoms. The first-order chi connectivity index (χ1) is 19.0. The Bertz CT molecular complexity index is 1430. The third-order valence-corrected chi connectivity index (χ3v) is 7.14. The topological polar surface area (TPSA) is 176 Å². The van der Waals surface area contributed by atoms with Gasteiger partial charge < -0.3 is 9.68 Å². The summed E-state index contributed by atoms with van der Waals surface area (Å²) >= 11 is 0. The fraction of sp³-hybridized carbons (Fsp3) is 0.231. The maximum absolute atomic E-state index is 13.0. The lowest BCUT2D eigenvalue weighted by Gasteiger charge is -2.17. The molecule has 1 N–H and O–H groups in total. The molecule has 0 unspecified atom stereocenters. The highest BCUT2D eigenvalue weighted by molar-refractivity contribution is 7.89. The Hall–Kier alpha value is -4.69. The summed E-state index contributed by atoms with van der Waals surface area (Å²) in [6, 6.07) is 16.8. The van der Waals surface area contributed by atoms with Crippen LogP contribution < -0.4 is 4.72 Å². The number of sulfonamides is 1. The molecule has 3 rings (SSSR count). The second kappa shape index (κ2) is 13.4. The fourth-order valence-corrected chi connectivity index (χ4v) is 4.53. The summed E-state index contributed by atoms with van der Waals surface area (Å²) in [4.78, 5) is 31.6. The number of benzene rings is 3. The van der Waals surface area contributed by atoms with Crippen LogP contribution in [0.4, 0.5) is 11.4 Å². The summed E-state index contributed by atoms with van der Waals surface area (Å²) in [5, 5.41) is 29.7. The number of nitrogens with zero attached hydrogens (tertiary/aromatic N) is 4. The summed E-state index contributed by atoms with van der Waals surface area (Å²) in [5.41, 5.74) is 2.78. The van der Waals surface area contributed by atoms with E-state index in [4.69, 9.17) is 9.68 Å². The average molecular weight is 570 g/mol. The van der Waals surface area contributed by atoms with Gasteiger partial charge in [-0.05, 0) is 68.3 Å². The molecule has 13 nitrogen and oxygen atoms in total. The van der Waals surface area contributed by atoms with E-state index in [0.29, 0.717) is 22.6 Å². The SMILES string of the molecule is CC(=NOCC(CON=C(C)c1ccc([N+](=O)[O-])cc1)NS(=O)(=O)c1ccc(C)cc1)c1ccc([N+](=O)[O-])cc1. The van der Waals surface area contributed by atoms with Crippen molar-refractivity contribution in [2.75, 3.05) is 13.2 Å². The quantitative estimate of drug-likeness (QED) is 0.180. The normalized spacial score (nSPS) is 13.0. The largest absolute Gasteiger partial charge is 0.394 e. The van der Waals surface area contributed by atoms with Gasteiger partial charge in [-0.15, -0.1) is 0 Å². The molecule has 3 aromatic carbocycles. The van der Waals surface area contributed by atoms with Gasteiger partial charge in [0.15, 0.2) is 0 Å². The molecule has 0 aromatic heterocycles. The van der Waals surface area contributed by atoms with E-state index in [2.05, 4.69) is 15.0 Å². The van der Waals surface area contributed by atoms with E-state index in [-0.39, 0.29) is 29.5 Å². The molecule has 0 atom stereocenters. The van der Waals surface area contributed by atoms with E-state index in [1.807, 2.05) is 6.92 Å². The van der Waals surface area contributed by atoms with Crippen LogP contribution in [0.5, 0.6) is 0 Å². The zero-order valence-corrected chi connectivity index (χ0v) is 22.7. The van der Waals surface area contributed by atoms with Crippen LogP contribution in [-0.4, -0.2) is 48.9 Å². The molecule has 40 heavy (non-hydrogen) atoms. The minimum atomic E-state index is -3.94. The second-order valence-corrected chi connectivity index (χ2v) is 10.4. The molecule has 210 valence electrons. The zero-order valence-electron chi connectivity index (χ0n) is 21.9. The monoisotopic (exact) mass is 569 g/mol. The van der Waals surface area contributed by atoms with Crippen LogP contribution >= 0.6 is 0 Å². The van der Waals surface area contributed by atoms with E-state index in [9.17, 15) is 28.6 Å². The number of nitrogens with one attached hydrogen (secondary N) is 1. The molecule has 0 aliphatic heterocycles. The Labute approximate surface area is 230 Å². The third kappa shape index (κ3) is 8.41. The van der Waals surface area contributed by atoms with Crippen molar-refractivity contribution in [2.45, 2.75) is 31.7 Å². The van der Waals surface area contributed by atoms with Gasteiger partial charge in [0.25, 0.3) is 11.4 Å². The number of nitro groups is 2. The lowest BCUT2D eigenvalue weighted by atomic mass is 10.1. The Balaban J connectivity index is 1.72. The van der Waals surface area contributed by atoms with Crippen molar-refractivity contribution in [3.05, 3.63) is 110 Å². The van der Waals surface area contributed by atoms with Crippen LogP contribution in [0.2, 0.25) is 0 Å². The van der Waals surface area contributed by atoms with Crippen LogP contribution in [0.15, 0.2) is 88.0 Å². The number of aryl methyl sites for hydroxylation is 1. The summed E-state index contributed by atoms with van der Waals surface area (Å²) in [5.74, 6) is 0. The number of hydrogen-bond acceptors (Lipinski definition) is 10. The first kappa shape index (κ1) is 29.9. The van der Waals surface area contributed by atoms with Crippen LogP contribution in [-0.2, 0) is 19.7 Å². The van der Waals surface area contributed by atoms with Gasteiger partial charge in [0.2, 0.25) is 10.0 Å². The van der Waals surface area contributed by atoms with Crippen LogP contribution in [0, 0.1) is 27.2 Å². The Kier molecular flexibility index (Phi) is 10.00. The molecule has 0 fully saturated rings. The number of non-ortho nitro benzene ring substituents is 2. The summed E-state index contributed by atoms with van der Waals surface area (Å²) in [7, 11) is -3.94. The van der Waals surface area contributed by atoms with E-state index in [1.54, 1.807) is 26.0 Å². The molecule has 0 amide bonds. The van der Waals surface area contributed by atoms with Crippen LogP contribution in [0.3, 0.4) is 0 Å². The predicted octanol–water partition coefficient (Wildman–Crippen LogP) is 4.34. The second-order valence-electron chi connectivity index (χ2n) is 8.68.